The van der Waals surface area contributed by atoms with Gasteiger partial charge in [-0.3, -0.25) is 0 Å². The lowest BCUT2D eigenvalue weighted by Crippen LogP contribution is -2.15. The normalized spacial score (nSPS) is 25.5. The Morgan fingerprint density at radius 3 is 2.64 bits per heavy atom. The molecule has 0 nitrogen and oxygen atoms in total. The first-order valence-electron chi connectivity index (χ1n) is 4.32. The van der Waals surface area contributed by atoms with E-state index in [9.17, 15) is 0 Å². The highest BCUT2D eigenvalue weighted by molar-refractivity contribution is 7.99. The molecule has 1 heteroatoms. The molecule has 0 aromatic heterocycles. The van der Waals surface area contributed by atoms with Crippen molar-refractivity contribution in [1.82, 2.24) is 0 Å². The first-order valence-corrected chi connectivity index (χ1v) is 5.48. The number of allylic oxidation sites excluding steroid dienone is 1. The van der Waals surface area contributed by atoms with Crippen molar-refractivity contribution in [2.75, 3.05) is 11.5 Å². The first kappa shape index (κ1) is 9.18. The maximum Gasteiger partial charge on any atom is 0.0113 e. The summed E-state index contributed by atoms with van der Waals surface area (Å²) in [6, 6.07) is 0. The summed E-state index contributed by atoms with van der Waals surface area (Å²) < 4.78 is 0. The third-order valence-corrected chi connectivity index (χ3v) is 2.92. The summed E-state index contributed by atoms with van der Waals surface area (Å²) in [5.74, 6) is 3.38. The summed E-state index contributed by atoms with van der Waals surface area (Å²) in [4.78, 5) is 0. The second-order valence-electron chi connectivity index (χ2n) is 4.49. The quantitative estimate of drug-likeness (QED) is 0.544. The molecule has 0 saturated heterocycles. The predicted octanol–water partition coefficient (Wildman–Crippen LogP) is 3.34. The minimum Gasteiger partial charge on any atom is -0.157 e. The fraction of sp³-hybridized carbons (Fsp3) is 0.800. The van der Waals surface area contributed by atoms with Crippen LogP contribution in [-0.2, 0) is 0 Å². The van der Waals surface area contributed by atoms with Crippen LogP contribution < -0.4 is 0 Å². The minimum atomic E-state index is 0.493. The highest BCUT2D eigenvalue weighted by atomic mass is 32.2. The van der Waals surface area contributed by atoms with Gasteiger partial charge in [0, 0.05) is 5.75 Å². The summed E-state index contributed by atoms with van der Waals surface area (Å²) in [7, 11) is 0. The predicted molar refractivity (Wildman–Crippen MR) is 54.0 cm³/mol. The SMILES string of the molecule is CC(C)(C)CC1C=CCSC1. The van der Waals surface area contributed by atoms with E-state index < -0.39 is 0 Å². The van der Waals surface area contributed by atoms with Crippen LogP contribution in [0.15, 0.2) is 12.2 Å². The first-order chi connectivity index (χ1) is 5.08. The smallest absolute Gasteiger partial charge is 0.0113 e. The van der Waals surface area contributed by atoms with Gasteiger partial charge in [0.15, 0.2) is 0 Å². The maximum atomic E-state index is 2.39. The van der Waals surface area contributed by atoms with Crippen LogP contribution in [0, 0.1) is 11.3 Å². The second-order valence-corrected chi connectivity index (χ2v) is 5.57. The van der Waals surface area contributed by atoms with E-state index in [1.165, 1.54) is 17.9 Å². The molecule has 0 fully saturated rings. The number of hydrogen-bond acceptors (Lipinski definition) is 1. The summed E-state index contributed by atoms with van der Waals surface area (Å²) in [5.41, 5.74) is 0.493. The van der Waals surface area contributed by atoms with Gasteiger partial charge in [0.1, 0.15) is 0 Å². The van der Waals surface area contributed by atoms with Crippen LogP contribution >= 0.6 is 11.8 Å². The molecule has 1 atom stereocenters. The molecule has 11 heavy (non-hydrogen) atoms. The Kier molecular flexibility index (Phi) is 3.06. The summed E-state index contributed by atoms with van der Waals surface area (Å²) in [5, 5.41) is 0. The molecular weight excluding hydrogens is 152 g/mol. The standard InChI is InChI=1S/C10H18S/c1-10(2,3)7-9-5-4-6-11-8-9/h4-5,9H,6-8H2,1-3H3. The number of thioether (sulfide) groups is 1. The van der Waals surface area contributed by atoms with Crippen molar-refractivity contribution in [3.8, 4) is 0 Å². The van der Waals surface area contributed by atoms with Gasteiger partial charge in [0.2, 0.25) is 0 Å². The molecule has 1 rings (SSSR count). The Morgan fingerprint density at radius 2 is 2.18 bits per heavy atom. The van der Waals surface area contributed by atoms with E-state index in [1.807, 2.05) is 0 Å². The highest BCUT2D eigenvalue weighted by Gasteiger charge is 2.17. The van der Waals surface area contributed by atoms with E-state index in [4.69, 9.17) is 0 Å². The molecule has 0 aromatic carbocycles. The lowest BCUT2D eigenvalue weighted by atomic mass is 9.85. The van der Waals surface area contributed by atoms with Crippen molar-refractivity contribution in [2.45, 2.75) is 27.2 Å². The average Bonchev–Trinajstić information content (AvgIpc) is 1.85. The van der Waals surface area contributed by atoms with Gasteiger partial charge in [-0.25, -0.2) is 0 Å². The molecule has 0 aliphatic carbocycles. The third kappa shape index (κ3) is 3.85. The average molecular weight is 170 g/mol. The molecule has 0 aromatic rings. The Morgan fingerprint density at radius 1 is 1.45 bits per heavy atom. The van der Waals surface area contributed by atoms with Crippen molar-refractivity contribution in [2.24, 2.45) is 11.3 Å². The van der Waals surface area contributed by atoms with Gasteiger partial charge in [0.25, 0.3) is 0 Å². The summed E-state index contributed by atoms with van der Waals surface area (Å²) in [6.07, 6.45) is 6.03. The van der Waals surface area contributed by atoms with E-state index in [2.05, 4.69) is 44.7 Å². The van der Waals surface area contributed by atoms with Gasteiger partial charge in [-0.05, 0) is 23.5 Å². The molecule has 0 amide bonds. The van der Waals surface area contributed by atoms with Crippen molar-refractivity contribution < 1.29 is 0 Å². The second kappa shape index (κ2) is 3.66. The van der Waals surface area contributed by atoms with Crippen molar-refractivity contribution in [3.05, 3.63) is 12.2 Å². The number of hydrogen-bond donors (Lipinski definition) is 0. The van der Waals surface area contributed by atoms with Gasteiger partial charge in [-0.2, -0.15) is 11.8 Å². The van der Waals surface area contributed by atoms with Gasteiger partial charge >= 0.3 is 0 Å². The Balaban J connectivity index is 2.36. The van der Waals surface area contributed by atoms with Crippen molar-refractivity contribution in [3.63, 3.8) is 0 Å². The van der Waals surface area contributed by atoms with E-state index >= 15 is 0 Å². The van der Waals surface area contributed by atoms with Crippen LogP contribution in [0.3, 0.4) is 0 Å². The summed E-state index contributed by atoms with van der Waals surface area (Å²) in [6.45, 7) is 6.96. The largest absolute Gasteiger partial charge is 0.157 e. The molecule has 0 N–H and O–H groups in total. The van der Waals surface area contributed by atoms with E-state index in [0.717, 1.165) is 5.92 Å². The molecule has 64 valence electrons. The molecule has 0 bridgehead atoms. The Bertz CT molecular complexity index is 141. The minimum absolute atomic E-state index is 0.493. The summed E-state index contributed by atoms with van der Waals surface area (Å²) >= 11 is 2.06. The maximum absolute atomic E-state index is 2.39. The topological polar surface area (TPSA) is 0 Å². The monoisotopic (exact) mass is 170 g/mol. The van der Waals surface area contributed by atoms with Crippen LogP contribution in [0.1, 0.15) is 27.2 Å². The zero-order chi connectivity index (χ0) is 8.32. The molecule has 0 spiro atoms. The van der Waals surface area contributed by atoms with Crippen LogP contribution in [0.4, 0.5) is 0 Å². The molecule has 0 radical (unpaired) electrons. The van der Waals surface area contributed by atoms with E-state index in [-0.39, 0.29) is 0 Å². The lowest BCUT2D eigenvalue weighted by Gasteiger charge is -2.25. The van der Waals surface area contributed by atoms with Crippen LogP contribution in [0.2, 0.25) is 0 Å². The molecule has 1 aliphatic rings. The van der Waals surface area contributed by atoms with E-state index in [0.29, 0.717) is 5.41 Å². The van der Waals surface area contributed by atoms with Crippen LogP contribution in [0.5, 0.6) is 0 Å². The number of rotatable bonds is 1. The molecule has 1 unspecified atom stereocenters. The Labute approximate surface area is 74.5 Å². The van der Waals surface area contributed by atoms with E-state index in [1.54, 1.807) is 0 Å². The lowest BCUT2D eigenvalue weighted by molar-refractivity contribution is 0.338. The van der Waals surface area contributed by atoms with Crippen LogP contribution in [-0.4, -0.2) is 11.5 Å². The van der Waals surface area contributed by atoms with Crippen molar-refractivity contribution >= 4 is 11.8 Å². The fourth-order valence-corrected chi connectivity index (χ4v) is 2.42. The van der Waals surface area contributed by atoms with Gasteiger partial charge in [0.05, 0.1) is 0 Å². The zero-order valence-corrected chi connectivity index (χ0v) is 8.58. The third-order valence-electron chi connectivity index (χ3n) is 1.83. The highest BCUT2D eigenvalue weighted by Crippen LogP contribution is 2.29. The molecule has 1 heterocycles. The molecular formula is C10H18S. The van der Waals surface area contributed by atoms with Gasteiger partial charge in [-0.1, -0.05) is 32.9 Å². The molecule has 1 aliphatic heterocycles. The fourth-order valence-electron chi connectivity index (χ4n) is 1.50. The van der Waals surface area contributed by atoms with Gasteiger partial charge in [-0.15, -0.1) is 0 Å². The van der Waals surface area contributed by atoms with Crippen molar-refractivity contribution in [1.29, 1.82) is 0 Å². The zero-order valence-electron chi connectivity index (χ0n) is 7.76. The van der Waals surface area contributed by atoms with Gasteiger partial charge < -0.3 is 0 Å². The Hall–Kier alpha value is 0.0900. The van der Waals surface area contributed by atoms with Crippen LogP contribution in [0.25, 0.3) is 0 Å². The molecule has 0 saturated carbocycles.